The summed E-state index contributed by atoms with van der Waals surface area (Å²) in [5, 5.41) is 4.35. The SMILES string of the molecule is CCOc1nc(N2CCNCC2)nc2c1sc1nc(-c3ccc(-c4cccc(N)c4)cc3)nc(C)c12. The van der Waals surface area contributed by atoms with Crippen molar-refractivity contribution in [2.24, 2.45) is 0 Å². The van der Waals surface area contributed by atoms with Crippen LogP contribution in [0, 0.1) is 6.92 Å². The van der Waals surface area contributed by atoms with Crippen LogP contribution in [-0.2, 0) is 0 Å². The third-order valence-corrected chi connectivity index (χ3v) is 7.42. The number of piperazine rings is 1. The molecule has 0 bridgehead atoms. The lowest BCUT2D eigenvalue weighted by molar-refractivity contribution is 0.331. The lowest BCUT2D eigenvalue weighted by Crippen LogP contribution is -2.44. The van der Waals surface area contributed by atoms with Gasteiger partial charge in [-0.2, -0.15) is 4.98 Å². The summed E-state index contributed by atoms with van der Waals surface area (Å²) >= 11 is 1.56. The molecule has 0 amide bonds. The molecule has 1 aliphatic rings. The van der Waals surface area contributed by atoms with Crippen LogP contribution in [0.1, 0.15) is 12.6 Å². The van der Waals surface area contributed by atoms with Crippen molar-refractivity contribution < 1.29 is 4.74 Å². The van der Waals surface area contributed by atoms with Crippen LogP contribution < -0.4 is 20.7 Å². The Morgan fingerprint density at radius 3 is 2.50 bits per heavy atom. The Balaban J connectivity index is 1.43. The van der Waals surface area contributed by atoms with Gasteiger partial charge in [-0.15, -0.1) is 11.3 Å². The van der Waals surface area contributed by atoms with Crippen molar-refractivity contribution in [3.8, 4) is 28.4 Å². The van der Waals surface area contributed by atoms with E-state index in [1.54, 1.807) is 11.3 Å². The van der Waals surface area contributed by atoms with Crippen molar-refractivity contribution in [1.82, 2.24) is 25.3 Å². The van der Waals surface area contributed by atoms with Crippen molar-refractivity contribution in [2.45, 2.75) is 13.8 Å². The number of nitrogens with two attached hydrogens (primary N) is 1. The number of hydrogen-bond acceptors (Lipinski definition) is 9. The molecular formula is C27H27N7OS. The summed E-state index contributed by atoms with van der Waals surface area (Å²) in [7, 11) is 0. The Hall–Kier alpha value is -3.82. The molecule has 8 nitrogen and oxygen atoms in total. The quantitative estimate of drug-likeness (QED) is 0.338. The molecule has 0 atom stereocenters. The Kier molecular flexibility index (Phi) is 5.86. The highest BCUT2D eigenvalue weighted by atomic mass is 32.1. The second-order valence-corrected chi connectivity index (χ2v) is 9.79. The second-order valence-electron chi connectivity index (χ2n) is 8.79. The number of fused-ring (bicyclic) bond motifs is 3. The monoisotopic (exact) mass is 497 g/mol. The van der Waals surface area contributed by atoms with Gasteiger partial charge in [0.1, 0.15) is 15.0 Å². The number of rotatable bonds is 5. The van der Waals surface area contributed by atoms with Gasteiger partial charge >= 0.3 is 0 Å². The summed E-state index contributed by atoms with van der Waals surface area (Å²) in [6, 6.07) is 16.2. The molecule has 3 N–H and O–H groups in total. The second kappa shape index (κ2) is 9.33. The predicted octanol–water partition coefficient (Wildman–Crippen LogP) is 4.67. The van der Waals surface area contributed by atoms with E-state index in [-0.39, 0.29) is 0 Å². The number of thiophene rings is 1. The largest absolute Gasteiger partial charge is 0.477 e. The normalized spacial score (nSPS) is 14.0. The van der Waals surface area contributed by atoms with Crippen LogP contribution in [0.5, 0.6) is 5.88 Å². The van der Waals surface area contributed by atoms with E-state index >= 15 is 0 Å². The predicted molar refractivity (Wildman–Crippen MR) is 147 cm³/mol. The number of aryl methyl sites for hydroxylation is 1. The first-order chi connectivity index (χ1) is 17.6. The molecular weight excluding hydrogens is 470 g/mol. The minimum atomic E-state index is 0.538. The van der Waals surface area contributed by atoms with Crippen LogP contribution >= 0.6 is 11.3 Å². The maximum Gasteiger partial charge on any atom is 0.236 e. The first kappa shape index (κ1) is 22.6. The number of hydrogen-bond donors (Lipinski definition) is 2. The molecule has 1 saturated heterocycles. The number of nitrogens with zero attached hydrogens (tertiary/aromatic N) is 5. The van der Waals surface area contributed by atoms with E-state index in [1.807, 2.05) is 32.0 Å². The molecule has 0 radical (unpaired) electrons. The fourth-order valence-electron chi connectivity index (χ4n) is 4.57. The molecule has 0 saturated carbocycles. The molecule has 1 aliphatic heterocycles. The Labute approximate surface area is 213 Å². The smallest absolute Gasteiger partial charge is 0.236 e. The van der Waals surface area contributed by atoms with Gasteiger partial charge in [0.15, 0.2) is 5.82 Å². The maximum absolute atomic E-state index is 5.96. The van der Waals surface area contributed by atoms with Crippen molar-refractivity contribution in [2.75, 3.05) is 43.4 Å². The molecule has 36 heavy (non-hydrogen) atoms. The molecule has 2 aromatic carbocycles. The highest BCUT2D eigenvalue weighted by Gasteiger charge is 2.22. The van der Waals surface area contributed by atoms with Crippen LogP contribution in [0.4, 0.5) is 11.6 Å². The Morgan fingerprint density at radius 1 is 0.972 bits per heavy atom. The highest BCUT2D eigenvalue weighted by Crippen LogP contribution is 2.39. The molecule has 0 spiro atoms. The first-order valence-electron chi connectivity index (χ1n) is 12.1. The molecule has 0 unspecified atom stereocenters. The standard InChI is InChI=1S/C27H27N7OS/c1-3-35-25-23-22(31-27(33-25)34-13-11-29-12-14-34)21-16(2)30-24(32-26(21)36-23)18-9-7-17(8-10-18)19-5-4-6-20(28)15-19/h4-10,15,29H,3,11-14,28H2,1-2H3. The van der Waals surface area contributed by atoms with Gasteiger partial charge in [0.25, 0.3) is 0 Å². The molecule has 182 valence electrons. The van der Waals surface area contributed by atoms with Crippen molar-refractivity contribution >= 4 is 43.4 Å². The van der Waals surface area contributed by atoms with E-state index in [4.69, 9.17) is 30.4 Å². The Morgan fingerprint density at radius 2 is 1.75 bits per heavy atom. The lowest BCUT2D eigenvalue weighted by atomic mass is 10.0. The summed E-state index contributed by atoms with van der Waals surface area (Å²) in [6.07, 6.45) is 0. The number of benzene rings is 2. The first-order valence-corrected chi connectivity index (χ1v) is 13.0. The number of nitrogens with one attached hydrogen (secondary N) is 1. The summed E-state index contributed by atoms with van der Waals surface area (Å²) in [5.74, 6) is 2.01. The highest BCUT2D eigenvalue weighted by molar-refractivity contribution is 7.25. The molecule has 0 aliphatic carbocycles. The summed E-state index contributed by atoms with van der Waals surface area (Å²) in [4.78, 5) is 22.7. The van der Waals surface area contributed by atoms with Crippen LogP contribution in [0.25, 0.3) is 42.9 Å². The molecule has 4 heterocycles. The van der Waals surface area contributed by atoms with Gasteiger partial charge in [0.2, 0.25) is 11.8 Å². The topological polar surface area (TPSA) is 102 Å². The van der Waals surface area contributed by atoms with E-state index in [0.717, 1.165) is 74.7 Å². The third-order valence-electron chi connectivity index (χ3n) is 6.36. The van der Waals surface area contributed by atoms with Crippen molar-refractivity contribution in [1.29, 1.82) is 0 Å². The Bertz CT molecular complexity index is 1560. The van der Waals surface area contributed by atoms with Gasteiger partial charge < -0.3 is 20.7 Å². The van der Waals surface area contributed by atoms with Crippen LogP contribution in [0.15, 0.2) is 48.5 Å². The molecule has 6 rings (SSSR count). The van der Waals surface area contributed by atoms with Crippen LogP contribution in [0.2, 0.25) is 0 Å². The van der Waals surface area contributed by atoms with Gasteiger partial charge in [0, 0.05) is 37.4 Å². The zero-order valence-electron chi connectivity index (χ0n) is 20.3. The van der Waals surface area contributed by atoms with Gasteiger partial charge in [-0.05, 0) is 37.1 Å². The van der Waals surface area contributed by atoms with Crippen molar-refractivity contribution in [3.63, 3.8) is 0 Å². The fraction of sp³-hybridized carbons (Fsp3) is 0.259. The van der Waals surface area contributed by atoms with E-state index in [1.165, 1.54) is 0 Å². The molecule has 3 aromatic heterocycles. The third kappa shape index (κ3) is 4.10. The van der Waals surface area contributed by atoms with E-state index in [9.17, 15) is 0 Å². The fourth-order valence-corrected chi connectivity index (χ4v) is 5.68. The van der Waals surface area contributed by atoms with Gasteiger partial charge in [-0.3, -0.25) is 0 Å². The van der Waals surface area contributed by atoms with E-state index in [2.05, 4.69) is 40.5 Å². The zero-order chi connectivity index (χ0) is 24.6. The minimum absolute atomic E-state index is 0.538. The van der Waals surface area contributed by atoms with E-state index < -0.39 is 0 Å². The van der Waals surface area contributed by atoms with Crippen LogP contribution in [0.3, 0.4) is 0 Å². The number of aromatic nitrogens is 4. The van der Waals surface area contributed by atoms with Gasteiger partial charge in [-0.1, -0.05) is 36.4 Å². The van der Waals surface area contributed by atoms with E-state index in [0.29, 0.717) is 24.3 Å². The molecule has 9 heteroatoms. The summed E-state index contributed by atoms with van der Waals surface area (Å²) in [5.41, 5.74) is 11.6. The lowest BCUT2D eigenvalue weighted by Gasteiger charge is -2.27. The van der Waals surface area contributed by atoms with Crippen LogP contribution in [-0.4, -0.2) is 52.7 Å². The number of nitrogen functional groups attached to an aromatic ring is 1. The van der Waals surface area contributed by atoms with Gasteiger partial charge in [0.05, 0.1) is 17.7 Å². The molecule has 5 aromatic rings. The molecule has 1 fully saturated rings. The number of anilines is 2. The maximum atomic E-state index is 5.96. The average Bonchev–Trinajstić information content (AvgIpc) is 3.29. The van der Waals surface area contributed by atoms with Gasteiger partial charge in [-0.25, -0.2) is 15.0 Å². The minimum Gasteiger partial charge on any atom is -0.477 e. The average molecular weight is 498 g/mol. The zero-order valence-corrected chi connectivity index (χ0v) is 21.1. The summed E-state index contributed by atoms with van der Waals surface area (Å²) in [6.45, 7) is 8.09. The number of ether oxygens (including phenoxy) is 1. The van der Waals surface area contributed by atoms with Crippen molar-refractivity contribution in [3.05, 3.63) is 54.2 Å². The summed E-state index contributed by atoms with van der Waals surface area (Å²) < 4.78 is 6.87.